The molecule has 2 rings (SSSR count). The van der Waals surface area contributed by atoms with Gasteiger partial charge in [0, 0.05) is 5.56 Å². The molecule has 0 saturated heterocycles. The molecule has 1 amide bonds. The average molecular weight is 268 g/mol. The quantitative estimate of drug-likeness (QED) is 0.466. The molecule has 7 nitrogen and oxygen atoms in total. The number of hydrazone groups is 1. The summed E-state index contributed by atoms with van der Waals surface area (Å²) in [5.41, 5.74) is 2.81. The number of aromatic carboxylic acids is 1. The number of benzene rings is 1. The maximum atomic E-state index is 11.3. The molecule has 0 aromatic heterocycles. The van der Waals surface area contributed by atoms with Crippen LogP contribution in [0.1, 0.15) is 17.3 Å². The molecular formula is C11H9N4NaO3. The van der Waals surface area contributed by atoms with Gasteiger partial charge in [-0.3, -0.25) is 4.79 Å². The Hall–Kier alpha value is -1.57. The van der Waals surface area contributed by atoms with E-state index in [1.807, 2.05) is 0 Å². The largest absolute Gasteiger partial charge is 1.00 e. The molecule has 19 heavy (non-hydrogen) atoms. The van der Waals surface area contributed by atoms with Crippen molar-refractivity contribution >= 4 is 23.3 Å². The summed E-state index contributed by atoms with van der Waals surface area (Å²) in [6.07, 6.45) is 0. The molecule has 1 aliphatic rings. The molecule has 1 heterocycles. The van der Waals surface area contributed by atoms with Crippen LogP contribution in [-0.4, -0.2) is 23.6 Å². The number of carbonyl (C=O) groups excluding carboxylic acids is 2. The van der Waals surface area contributed by atoms with Crippen LogP contribution in [0.2, 0.25) is 0 Å². The number of carboxylic acids is 1. The maximum Gasteiger partial charge on any atom is 1.00 e. The number of carbonyl (C=O) groups is 2. The van der Waals surface area contributed by atoms with Gasteiger partial charge in [0.15, 0.2) is 6.04 Å². The summed E-state index contributed by atoms with van der Waals surface area (Å²) >= 11 is 0. The van der Waals surface area contributed by atoms with Crippen LogP contribution in [0.5, 0.6) is 0 Å². The van der Waals surface area contributed by atoms with E-state index in [1.54, 1.807) is 19.1 Å². The molecule has 0 bridgehead atoms. The number of hydrogen-bond donors (Lipinski definition) is 1. The molecule has 0 saturated carbocycles. The van der Waals surface area contributed by atoms with E-state index in [1.165, 1.54) is 12.1 Å². The minimum atomic E-state index is -1.34. The van der Waals surface area contributed by atoms with E-state index in [-0.39, 0.29) is 46.7 Å². The van der Waals surface area contributed by atoms with Gasteiger partial charge >= 0.3 is 29.6 Å². The second-order valence-electron chi connectivity index (χ2n) is 3.65. The summed E-state index contributed by atoms with van der Waals surface area (Å²) in [5.74, 6) is -1.73. The number of rotatable bonds is 3. The molecule has 1 atom stereocenters. The van der Waals surface area contributed by atoms with E-state index in [4.69, 9.17) is 0 Å². The summed E-state index contributed by atoms with van der Waals surface area (Å²) in [6.45, 7) is 1.63. The molecule has 1 N–H and O–H groups in total. The van der Waals surface area contributed by atoms with Crippen LogP contribution in [0.4, 0.5) is 5.69 Å². The molecule has 92 valence electrons. The van der Waals surface area contributed by atoms with Crippen LogP contribution in [0.25, 0.3) is 0 Å². The molecule has 8 heteroatoms. The standard InChI is InChI=1S/C11H10N4O3.Na/c1-6-9(10(16)15-12-6)14-13-8-5-3-2-4-7(8)11(17)18;/h2-5,9H,1H3,(H,15,16)(H,17,18);/q;+1/p-1. The van der Waals surface area contributed by atoms with Crippen LogP contribution in [0.3, 0.4) is 0 Å². The third-order valence-electron chi connectivity index (χ3n) is 2.39. The third-order valence-corrected chi connectivity index (χ3v) is 2.39. The normalized spacial score (nSPS) is 17.8. The van der Waals surface area contributed by atoms with E-state index >= 15 is 0 Å². The van der Waals surface area contributed by atoms with Crippen molar-refractivity contribution < 1.29 is 44.3 Å². The van der Waals surface area contributed by atoms with Gasteiger partial charge in [-0.2, -0.15) is 15.3 Å². The van der Waals surface area contributed by atoms with Crippen molar-refractivity contribution in [3.63, 3.8) is 0 Å². The summed E-state index contributed by atoms with van der Waals surface area (Å²) in [4.78, 5) is 22.1. The van der Waals surface area contributed by atoms with Crippen molar-refractivity contribution in [2.24, 2.45) is 15.3 Å². The monoisotopic (exact) mass is 268 g/mol. The van der Waals surface area contributed by atoms with Crippen LogP contribution >= 0.6 is 0 Å². The summed E-state index contributed by atoms with van der Waals surface area (Å²) in [5, 5.41) is 22.1. The number of nitrogens with zero attached hydrogens (tertiary/aromatic N) is 3. The van der Waals surface area contributed by atoms with Crippen molar-refractivity contribution in [1.29, 1.82) is 0 Å². The van der Waals surface area contributed by atoms with Gasteiger partial charge in [-0.05, 0) is 13.0 Å². The Balaban J connectivity index is 0.00000180. The second-order valence-corrected chi connectivity index (χ2v) is 3.65. The molecule has 1 aliphatic heterocycles. The predicted molar refractivity (Wildman–Crippen MR) is 60.3 cm³/mol. The average Bonchev–Trinajstić information content (AvgIpc) is 2.67. The molecule has 1 unspecified atom stereocenters. The first-order valence-corrected chi connectivity index (χ1v) is 5.15. The van der Waals surface area contributed by atoms with Crippen molar-refractivity contribution in [3.05, 3.63) is 29.8 Å². The van der Waals surface area contributed by atoms with Crippen molar-refractivity contribution in [2.45, 2.75) is 13.0 Å². The first-order chi connectivity index (χ1) is 8.59. The second kappa shape index (κ2) is 6.55. The van der Waals surface area contributed by atoms with Gasteiger partial charge in [0.2, 0.25) is 0 Å². The van der Waals surface area contributed by atoms with Gasteiger partial charge in [0.05, 0.1) is 17.4 Å². The van der Waals surface area contributed by atoms with Gasteiger partial charge in [-0.15, -0.1) is 0 Å². The van der Waals surface area contributed by atoms with Crippen LogP contribution in [-0.2, 0) is 4.79 Å². The Morgan fingerprint density at radius 3 is 2.68 bits per heavy atom. The minimum Gasteiger partial charge on any atom is -0.545 e. The fourth-order valence-corrected chi connectivity index (χ4v) is 1.44. The van der Waals surface area contributed by atoms with Crippen molar-refractivity contribution in [2.75, 3.05) is 0 Å². The third kappa shape index (κ3) is 3.46. The zero-order chi connectivity index (χ0) is 13.1. The van der Waals surface area contributed by atoms with E-state index in [9.17, 15) is 14.7 Å². The van der Waals surface area contributed by atoms with Gasteiger partial charge in [0.1, 0.15) is 0 Å². The van der Waals surface area contributed by atoms with Gasteiger partial charge in [0.25, 0.3) is 5.91 Å². The Labute approximate surface area is 131 Å². The number of azo groups is 1. The Morgan fingerprint density at radius 2 is 2.11 bits per heavy atom. The fraction of sp³-hybridized carbons (Fsp3) is 0.182. The molecule has 0 radical (unpaired) electrons. The molecule has 1 aromatic carbocycles. The molecular weight excluding hydrogens is 259 g/mol. The van der Waals surface area contributed by atoms with E-state index < -0.39 is 12.0 Å². The molecule has 0 aliphatic carbocycles. The molecule has 0 fully saturated rings. The number of carboxylic acid groups (broad SMARTS) is 1. The van der Waals surface area contributed by atoms with Crippen LogP contribution in [0, 0.1) is 0 Å². The predicted octanol–water partition coefficient (Wildman–Crippen LogP) is -2.99. The van der Waals surface area contributed by atoms with Crippen LogP contribution < -0.4 is 40.1 Å². The topological polar surface area (TPSA) is 106 Å². The van der Waals surface area contributed by atoms with E-state index in [0.29, 0.717) is 5.71 Å². The fourth-order valence-electron chi connectivity index (χ4n) is 1.44. The van der Waals surface area contributed by atoms with E-state index in [0.717, 1.165) is 0 Å². The smallest absolute Gasteiger partial charge is 0.545 e. The summed E-state index contributed by atoms with van der Waals surface area (Å²) in [6, 6.07) is 5.21. The Morgan fingerprint density at radius 1 is 1.42 bits per heavy atom. The summed E-state index contributed by atoms with van der Waals surface area (Å²) < 4.78 is 0. The van der Waals surface area contributed by atoms with Gasteiger partial charge in [-0.1, -0.05) is 18.2 Å². The Bertz CT molecular complexity index is 571. The summed E-state index contributed by atoms with van der Waals surface area (Å²) in [7, 11) is 0. The van der Waals surface area contributed by atoms with Crippen molar-refractivity contribution in [3.8, 4) is 0 Å². The zero-order valence-electron chi connectivity index (χ0n) is 10.5. The number of nitrogens with one attached hydrogen (secondary N) is 1. The maximum absolute atomic E-state index is 11.3. The van der Waals surface area contributed by atoms with Crippen LogP contribution in [0.15, 0.2) is 39.6 Å². The molecule has 0 spiro atoms. The number of amides is 1. The zero-order valence-corrected chi connectivity index (χ0v) is 12.5. The van der Waals surface area contributed by atoms with Gasteiger partial charge < -0.3 is 9.90 Å². The Kier molecular flexibility index (Phi) is 5.34. The SMILES string of the molecule is CC1=NNC(=O)C1N=Nc1ccccc1C(=O)[O-].[Na+]. The number of hydrogen-bond acceptors (Lipinski definition) is 6. The first-order valence-electron chi connectivity index (χ1n) is 5.15. The van der Waals surface area contributed by atoms with Gasteiger partial charge in [-0.25, -0.2) is 5.43 Å². The van der Waals surface area contributed by atoms with Crippen molar-refractivity contribution in [1.82, 2.24) is 5.43 Å². The minimum absolute atomic E-state index is 0. The molecule has 1 aromatic rings. The van der Waals surface area contributed by atoms with E-state index in [2.05, 4.69) is 20.8 Å². The first kappa shape index (κ1) is 15.5.